The van der Waals surface area contributed by atoms with Gasteiger partial charge in [0, 0.05) is 25.3 Å². The molecule has 2 aromatic carbocycles. The number of nitrogens with zero attached hydrogens (tertiary/aromatic N) is 2. The highest BCUT2D eigenvalue weighted by Gasteiger charge is 2.32. The van der Waals surface area contributed by atoms with Crippen LogP contribution < -0.4 is 10.6 Å². The van der Waals surface area contributed by atoms with Crippen LogP contribution in [0.4, 0.5) is 14.9 Å². The molecule has 3 rings (SSSR count). The van der Waals surface area contributed by atoms with Crippen LogP contribution in [-0.4, -0.2) is 54.5 Å². The van der Waals surface area contributed by atoms with E-state index in [-0.39, 0.29) is 23.9 Å². The molecular formula is C25H33FN4O2. The third-order valence-corrected chi connectivity index (χ3v) is 5.99. The highest BCUT2D eigenvalue weighted by Crippen LogP contribution is 2.26. The molecule has 3 amide bonds. The smallest absolute Gasteiger partial charge is 0.319 e. The van der Waals surface area contributed by atoms with E-state index >= 15 is 0 Å². The van der Waals surface area contributed by atoms with E-state index < -0.39 is 5.82 Å². The molecule has 2 unspecified atom stereocenters. The fourth-order valence-electron chi connectivity index (χ4n) is 4.32. The first kappa shape index (κ1) is 23.7. The van der Waals surface area contributed by atoms with Crippen LogP contribution in [0, 0.1) is 11.7 Å². The number of carbonyl (C=O) groups is 2. The molecule has 1 fully saturated rings. The van der Waals surface area contributed by atoms with Gasteiger partial charge in [0.25, 0.3) is 0 Å². The van der Waals surface area contributed by atoms with Crippen LogP contribution in [0.5, 0.6) is 0 Å². The van der Waals surface area contributed by atoms with Gasteiger partial charge in [-0.05, 0) is 55.6 Å². The number of likely N-dealkylation sites (tertiary alicyclic amines) is 1. The Morgan fingerprint density at radius 3 is 2.56 bits per heavy atom. The summed E-state index contributed by atoms with van der Waals surface area (Å²) in [4.78, 5) is 29.9. The Balaban J connectivity index is 1.60. The second-order valence-corrected chi connectivity index (χ2v) is 8.17. The summed E-state index contributed by atoms with van der Waals surface area (Å²) in [7, 11) is 0. The van der Waals surface area contributed by atoms with Gasteiger partial charge in [-0.2, -0.15) is 0 Å². The van der Waals surface area contributed by atoms with Crippen molar-refractivity contribution in [1.82, 2.24) is 15.1 Å². The van der Waals surface area contributed by atoms with Gasteiger partial charge in [0.05, 0.1) is 0 Å². The van der Waals surface area contributed by atoms with E-state index in [0.29, 0.717) is 18.8 Å². The van der Waals surface area contributed by atoms with Crippen LogP contribution in [-0.2, 0) is 4.79 Å². The second-order valence-electron chi connectivity index (χ2n) is 8.17. The number of nitrogens with one attached hydrogen (secondary N) is 2. The third kappa shape index (κ3) is 6.29. The predicted molar refractivity (Wildman–Crippen MR) is 125 cm³/mol. The minimum Gasteiger partial charge on any atom is -0.341 e. The fraction of sp³-hybridized carbons (Fsp3) is 0.440. The van der Waals surface area contributed by atoms with Crippen molar-refractivity contribution < 1.29 is 14.0 Å². The Morgan fingerprint density at radius 2 is 1.88 bits per heavy atom. The molecule has 1 saturated heterocycles. The van der Waals surface area contributed by atoms with Crippen LogP contribution in [0.25, 0.3) is 0 Å². The molecule has 2 aromatic rings. The molecule has 2 N–H and O–H groups in total. The van der Waals surface area contributed by atoms with E-state index in [9.17, 15) is 14.0 Å². The molecule has 1 aliphatic rings. The van der Waals surface area contributed by atoms with Crippen molar-refractivity contribution in [2.24, 2.45) is 5.92 Å². The van der Waals surface area contributed by atoms with Crippen molar-refractivity contribution in [2.75, 3.05) is 38.0 Å². The van der Waals surface area contributed by atoms with Crippen molar-refractivity contribution in [1.29, 1.82) is 0 Å². The van der Waals surface area contributed by atoms with Crippen molar-refractivity contribution >= 4 is 17.6 Å². The Hall–Kier alpha value is -2.93. The maximum Gasteiger partial charge on any atom is 0.319 e. The van der Waals surface area contributed by atoms with E-state index in [2.05, 4.69) is 29.4 Å². The van der Waals surface area contributed by atoms with Gasteiger partial charge in [0.15, 0.2) is 0 Å². The third-order valence-electron chi connectivity index (χ3n) is 5.99. The second kappa shape index (κ2) is 11.6. The number of amides is 3. The van der Waals surface area contributed by atoms with E-state index in [0.717, 1.165) is 38.0 Å². The van der Waals surface area contributed by atoms with Gasteiger partial charge >= 0.3 is 6.03 Å². The summed E-state index contributed by atoms with van der Waals surface area (Å²) < 4.78 is 13.3. The van der Waals surface area contributed by atoms with Crippen LogP contribution in [0.3, 0.4) is 0 Å². The van der Waals surface area contributed by atoms with E-state index in [1.165, 1.54) is 12.1 Å². The minimum absolute atomic E-state index is 0.119. The van der Waals surface area contributed by atoms with Crippen molar-refractivity contribution in [3.8, 4) is 0 Å². The molecule has 0 spiro atoms. The van der Waals surface area contributed by atoms with Gasteiger partial charge in [0.1, 0.15) is 11.9 Å². The Labute approximate surface area is 189 Å². The average Bonchev–Trinajstić information content (AvgIpc) is 2.81. The lowest BCUT2D eigenvalue weighted by Crippen LogP contribution is -2.48. The molecule has 7 heteroatoms. The number of likely N-dealkylation sites (N-methyl/N-ethyl adjacent to an activating group) is 1. The largest absolute Gasteiger partial charge is 0.341 e. The molecule has 32 heavy (non-hydrogen) atoms. The number of hydrogen-bond donors (Lipinski definition) is 2. The summed E-state index contributed by atoms with van der Waals surface area (Å²) in [6.07, 6.45) is 1.86. The van der Waals surface area contributed by atoms with Crippen LogP contribution in [0.2, 0.25) is 0 Å². The van der Waals surface area contributed by atoms with Crippen LogP contribution >= 0.6 is 0 Å². The minimum atomic E-state index is -0.398. The first-order valence-corrected chi connectivity index (χ1v) is 11.4. The monoisotopic (exact) mass is 440 g/mol. The zero-order chi connectivity index (χ0) is 22.9. The van der Waals surface area contributed by atoms with E-state index in [1.807, 2.05) is 35.2 Å². The zero-order valence-corrected chi connectivity index (χ0v) is 18.9. The SMILES string of the molecule is CCN(CC)C(C(=O)N1CCCC(CNC(=O)Nc2cccc(F)c2)C1)c1ccccc1. The zero-order valence-electron chi connectivity index (χ0n) is 18.9. The summed E-state index contributed by atoms with van der Waals surface area (Å²) >= 11 is 0. The maximum atomic E-state index is 13.6. The fourth-order valence-corrected chi connectivity index (χ4v) is 4.32. The lowest BCUT2D eigenvalue weighted by atomic mass is 9.96. The lowest BCUT2D eigenvalue weighted by Gasteiger charge is -2.38. The number of carbonyl (C=O) groups excluding carboxylic acids is 2. The number of hydrogen-bond acceptors (Lipinski definition) is 3. The lowest BCUT2D eigenvalue weighted by molar-refractivity contribution is -0.139. The predicted octanol–water partition coefficient (Wildman–Crippen LogP) is 4.27. The number of halogens is 1. The number of rotatable bonds is 8. The average molecular weight is 441 g/mol. The molecule has 6 nitrogen and oxygen atoms in total. The first-order valence-electron chi connectivity index (χ1n) is 11.4. The number of urea groups is 1. The van der Waals surface area contributed by atoms with Crippen molar-refractivity contribution in [2.45, 2.75) is 32.7 Å². The van der Waals surface area contributed by atoms with Gasteiger partial charge in [-0.15, -0.1) is 0 Å². The summed E-state index contributed by atoms with van der Waals surface area (Å²) in [6, 6.07) is 15.1. The van der Waals surface area contributed by atoms with Crippen LogP contribution in [0.15, 0.2) is 54.6 Å². The standard InChI is InChI=1S/C25H33FN4O2/c1-3-29(4-2)23(20-11-6-5-7-12-20)24(31)30-15-9-10-19(18-30)17-27-25(32)28-22-14-8-13-21(26)16-22/h5-8,11-14,16,19,23H,3-4,9-10,15,17-18H2,1-2H3,(H2,27,28,32). The van der Waals surface area contributed by atoms with Gasteiger partial charge < -0.3 is 15.5 Å². The van der Waals surface area contributed by atoms with Crippen molar-refractivity contribution in [3.05, 3.63) is 66.0 Å². The maximum absolute atomic E-state index is 13.6. The van der Waals surface area contributed by atoms with Gasteiger partial charge in [0.2, 0.25) is 5.91 Å². The molecule has 0 bridgehead atoms. The van der Waals surface area contributed by atoms with Crippen molar-refractivity contribution in [3.63, 3.8) is 0 Å². The number of benzene rings is 2. The van der Waals surface area contributed by atoms with Gasteiger partial charge in [-0.1, -0.05) is 50.2 Å². The summed E-state index contributed by atoms with van der Waals surface area (Å²) in [5, 5.41) is 5.51. The van der Waals surface area contributed by atoms with E-state index in [1.54, 1.807) is 12.1 Å². The molecule has 1 aliphatic heterocycles. The summed E-state index contributed by atoms with van der Waals surface area (Å²) in [6.45, 7) is 7.55. The Kier molecular flexibility index (Phi) is 8.62. The molecule has 0 aliphatic carbocycles. The molecular weight excluding hydrogens is 407 g/mol. The Morgan fingerprint density at radius 1 is 1.12 bits per heavy atom. The van der Waals surface area contributed by atoms with Crippen LogP contribution in [0.1, 0.15) is 38.3 Å². The molecule has 172 valence electrons. The molecule has 1 heterocycles. The normalized spacial score (nSPS) is 17.1. The van der Waals surface area contributed by atoms with Gasteiger partial charge in [-0.3, -0.25) is 9.69 Å². The quantitative estimate of drug-likeness (QED) is 0.644. The highest BCUT2D eigenvalue weighted by molar-refractivity contribution is 5.89. The molecule has 2 atom stereocenters. The summed E-state index contributed by atoms with van der Waals surface area (Å²) in [5.41, 5.74) is 1.42. The highest BCUT2D eigenvalue weighted by atomic mass is 19.1. The van der Waals surface area contributed by atoms with Gasteiger partial charge in [-0.25, -0.2) is 9.18 Å². The van der Waals surface area contributed by atoms with E-state index in [4.69, 9.17) is 0 Å². The first-order chi connectivity index (χ1) is 15.5. The Bertz CT molecular complexity index is 889. The molecule has 0 radical (unpaired) electrons. The molecule has 0 aromatic heterocycles. The topological polar surface area (TPSA) is 64.7 Å². The molecule has 0 saturated carbocycles. The number of anilines is 1. The number of piperidine rings is 1. The summed E-state index contributed by atoms with van der Waals surface area (Å²) in [5.74, 6) is -0.0988.